The predicted octanol–water partition coefficient (Wildman–Crippen LogP) is 3.48. The van der Waals surface area contributed by atoms with Crippen molar-refractivity contribution >= 4 is 22.6 Å². The van der Waals surface area contributed by atoms with E-state index in [0.29, 0.717) is 50.9 Å². The first-order valence-electron chi connectivity index (χ1n) is 11.3. The Bertz CT molecular complexity index is 939. The zero-order valence-electron chi connectivity index (χ0n) is 19.6. The number of hydrogen-bond donors (Lipinski definition) is 0. The second-order valence-electron chi connectivity index (χ2n) is 8.09. The first-order chi connectivity index (χ1) is 15.5. The molecule has 2 amide bonds. The van der Waals surface area contributed by atoms with E-state index in [9.17, 15) is 9.59 Å². The molecule has 0 aliphatic carbocycles. The largest absolute Gasteiger partial charge is 0.493 e. The van der Waals surface area contributed by atoms with Crippen molar-refractivity contribution in [2.45, 2.75) is 33.2 Å². The summed E-state index contributed by atoms with van der Waals surface area (Å²) in [7, 11) is 3.24. The van der Waals surface area contributed by atoms with E-state index < -0.39 is 5.92 Å². The molecule has 1 heterocycles. The van der Waals surface area contributed by atoms with Gasteiger partial charge in [0.15, 0.2) is 11.5 Å². The van der Waals surface area contributed by atoms with Crippen LogP contribution in [0.5, 0.6) is 11.5 Å². The van der Waals surface area contributed by atoms with Gasteiger partial charge in [0.25, 0.3) is 0 Å². The lowest BCUT2D eigenvalue weighted by atomic mass is 10.0. The molecule has 174 valence electrons. The number of carbonyl (C=O) groups is 2. The number of amides is 2. The smallest absolute Gasteiger partial charge is 0.235 e. The summed E-state index contributed by atoms with van der Waals surface area (Å²) >= 11 is 0. The Morgan fingerprint density at radius 3 is 2.44 bits per heavy atom. The molecule has 1 aliphatic heterocycles. The van der Waals surface area contributed by atoms with Gasteiger partial charge in [-0.3, -0.25) is 9.59 Å². The average molecular weight is 443 g/mol. The van der Waals surface area contributed by atoms with Gasteiger partial charge in [0.05, 0.1) is 27.4 Å². The van der Waals surface area contributed by atoms with Crippen LogP contribution in [-0.2, 0) is 20.9 Å². The predicted molar refractivity (Wildman–Crippen MR) is 124 cm³/mol. The van der Waals surface area contributed by atoms with Crippen LogP contribution in [0.25, 0.3) is 10.8 Å². The summed E-state index contributed by atoms with van der Waals surface area (Å²) < 4.78 is 16.5. The standard InChI is InChI=1S/C25H34N2O5/c1-5-6-11-27(25(29)18(2)24(28)26-12-14-32-15-13-26)17-19-16-22(30-3)23(31-4)21-10-8-7-9-20(19)21/h7-10,16,18H,5-6,11-15,17H2,1-4H3. The first-order valence-corrected chi connectivity index (χ1v) is 11.3. The van der Waals surface area contributed by atoms with E-state index in [2.05, 4.69) is 6.92 Å². The SMILES string of the molecule is CCCCN(Cc1cc(OC)c(OC)c2ccccc12)C(=O)C(C)C(=O)N1CCOCC1. The van der Waals surface area contributed by atoms with Crippen LogP contribution >= 0.6 is 0 Å². The van der Waals surface area contributed by atoms with Crippen LogP contribution in [0.15, 0.2) is 30.3 Å². The average Bonchev–Trinajstić information content (AvgIpc) is 2.85. The molecule has 1 saturated heterocycles. The molecule has 0 bridgehead atoms. The maximum absolute atomic E-state index is 13.4. The Morgan fingerprint density at radius 2 is 1.81 bits per heavy atom. The van der Waals surface area contributed by atoms with Gasteiger partial charge in [-0.25, -0.2) is 0 Å². The van der Waals surface area contributed by atoms with Crippen molar-refractivity contribution in [1.29, 1.82) is 0 Å². The fourth-order valence-electron chi connectivity index (χ4n) is 4.15. The molecular weight excluding hydrogens is 408 g/mol. The first kappa shape index (κ1) is 23.9. The van der Waals surface area contributed by atoms with Gasteiger partial charge in [-0.1, -0.05) is 37.6 Å². The quantitative estimate of drug-likeness (QED) is 0.556. The number of methoxy groups -OCH3 is 2. The fourth-order valence-corrected chi connectivity index (χ4v) is 4.15. The number of nitrogens with zero attached hydrogens (tertiary/aromatic N) is 2. The molecule has 7 nitrogen and oxygen atoms in total. The zero-order chi connectivity index (χ0) is 23.1. The van der Waals surface area contributed by atoms with Crippen molar-refractivity contribution in [3.8, 4) is 11.5 Å². The van der Waals surface area contributed by atoms with Gasteiger partial charge in [-0.05, 0) is 30.4 Å². The molecule has 32 heavy (non-hydrogen) atoms. The summed E-state index contributed by atoms with van der Waals surface area (Å²) in [6.45, 7) is 6.91. The van der Waals surface area contributed by atoms with Crippen molar-refractivity contribution < 1.29 is 23.8 Å². The van der Waals surface area contributed by atoms with Crippen LogP contribution in [0.3, 0.4) is 0 Å². The number of benzene rings is 2. The van der Waals surface area contributed by atoms with E-state index >= 15 is 0 Å². The second-order valence-corrected chi connectivity index (χ2v) is 8.09. The minimum Gasteiger partial charge on any atom is -0.493 e. The molecule has 1 fully saturated rings. The Kier molecular flexibility index (Phi) is 8.33. The molecule has 0 saturated carbocycles. The number of ether oxygens (including phenoxy) is 3. The molecule has 1 atom stereocenters. The molecule has 0 aromatic heterocycles. The van der Waals surface area contributed by atoms with E-state index in [4.69, 9.17) is 14.2 Å². The topological polar surface area (TPSA) is 68.3 Å². The monoisotopic (exact) mass is 442 g/mol. The van der Waals surface area contributed by atoms with Gasteiger partial charge < -0.3 is 24.0 Å². The van der Waals surface area contributed by atoms with E-state index in [1.807, 2.05) is 30.3 Å². The number of morpholine rings is 1. The van der Waals surface area contributed by atoms with Crippen LogP contribution in [0.4, 0.5) is 0 Å². The molecule has 0 spiro atoms. The summed E-state index contributed by atoms with van der Waals surface area (Å²) in [6.07, 6.45) is 1.83. The molecule has 0 radical (unpaired) electrons. The van der Waals surface area contributed by atoms with Gasteiger partial charge in [0.2, 0.25) is 11.8 Å². The third kappa shape index (κ3) is 5.15. The molecule has 2 aromatic rings. The summed E-state index contributed by atoms with van der Waals surface area (Å²) in [6, 6.07) is 9.87. The number of carbonyl (C=O) groups excluding carboxylic acids is 2. The maximum atomic E-state index is 13.4. The highest BCUT2D eigenvalue weighted by Gasteiger charge is 2.31. The van der Waals surface area contributed by atoms with Gasteiger partial charge in [0.1, 0.15) is 5.92 Å². The molecule has 7 heteroatoms. The van der Waals surface area contributed by atoms with Crippen LogP contribution < -0.4 is 9.47 Å². The van der Waals surface area contributed by atoms with Crippen molar-refractivity contribution in [3.63, 3.8) is 0 Å². The van der Waals surface area contributed by atoms with Crippen LogP contribution in [0.1, 0.15) is 32.3 Å². The van der Waals surface area contributed by atoms with Gasteiger partial charge in [0, 0.05) is 31.6 Å². The highest BCUT2D eigenvalue weighted by Crippen LogP contribution is 2.38. The summed E-state index contributed by atoms with van der Waals surface area (Å²) in [5, 5.41) is 1.94. The molecule has 3 rings (SSSR count). The van der Waals surface area contributed by atoms with Crippen LogP contribution in [0.2, 0.25) is 0 Å². The van der Waals surface area contributed by atoms with E-state index in [1.54, 1.807) is 30.9 Å². The third-order valence-electron chi connectivity index (χ3n) is 5.99. The normalized spacial score (nSPS) is 14.8. The Morgan fingerprint density at radius 1 is 1.12 bits per heavy atom. The fraction of sp³-hybridized carbons (Fsp3) is 0.520. The zero-order valence-corrected chi connectivity index (χ0v) is 19.6. The number of hydrogen-bond acceptors (Lipinski definition) is 5. The number of rotatable bonds is 9. The summed E-state index contributed by atoms with van der Waals surface area (Å²) in [5.74, 6) is 0.304. The lowest BCUT2D eigenvalue weighted by Gasteiger charge is -2.31. The van der Waals surface area contributed by atoms with Crippen molar-refractivity contribution in [2.24, 2.45) is 5.92 Å². The van der Waals surface area contributed by atoms with Gasteiger partial charge in [-0.15, -0.1) is 0 Å². The molecule has 2 aromatic carbocycles. The number of fused-ring (bicyclic) bond motifs is 1. The minimum atomic E-state index is -0.726. The molecule has 1 aliphatic rings. The van der Waals surface area contributed by atoms with E-state index in [1.165, 1.54) is 0 Å². The van der Waals surface area contributed by atoms with E-state index in [-0.39, 0.29) is 11.8 Å². The summed E-state index contributed by atoms with van der Waals surface area (Å²) in [5.41, 5.74) is 0.966. The minimum absolute atomic E-state index is 0.128. The Labute approximate surface area is 190 Å². The molecule has 0 N–H and O–H groups in total. The van der Waals surface area contributed by atoms with Crippen LogP contribution in [-0.4, -0.2) is 68.7 Å². The Hall–Kier alpha value is -2.80. The van der Waals surface area contributed by atoms with Crippen molar-refractivity contribution in [1.82, 2.24) is 9.80 Å². The Balaban J connectivity index is 1.90. The lowest BCUT2D eigenvalue weighted by molar-refractivity contribution is -0.149. The third-order valence-corrected chi connectivity index (χ3v) is 5.99. The highest BCUT2D eigenvalue weighted by molar-refractivity contribution is 6.00. The summed E-state index contributed by atoms with van der Waals surface area (Å²) in [4.78, 5) is 29.9. The maximum Gasteiger partial charge on any atom is 0.235 e. The van der Waals surface area contributed by atoms with Crippen LogP contribution in [0, 0.1) is 5.92 Å². The van der Waals surface area contributed by atoms with Gasteiger partial charge >= 0.3 is 0 Å². The second kappa shape index (κ2) is 11.2. The van der Waals surface area contributed by atoms with Crippen molar-refractivity contribution in [2.75, 3.05) is 47.1 Å². The lowest BCUT2D eigenvalue weighted by Crippen LogP contribution is -2.48. The van der Waals surface area contributed by atoms with Crippen molar-refractivity contribution in [3.05, 3.63) is 35.9 Å². The highest BCUT2D eigenvalue weighted by atomic mass is 16.5. The van der Waals surface area contributed by atoms with Gasteiger partial charge in [-0.2, -0.15) is 0 Å². The molecule has 1 unspecified atom stereocenters. The molecular formula is C25H34N2O5. The van der Waals surface area contributed by atoms with E-state index in [0.717, 1.165) is 29.2 Å². The number of unbranched alkanes of at least 4 members (excludes halogenated alkanes) is 1.